The summed E-state index contributed by atoms with van der Waals surface area (Å²) in [5.74, 6) is -0.410. The van der Waals surface area contributed by atoms with Crippen LogP contribution >= 0.6 is 0 Å². The molecule has 0 aromatic heterocycles. The maximum Gasteiger partial charge on any atom is 0.328 e. The lowest BCUT2D eigenvalue weighted by atomic mass is 10.2. The van der Waals surface area contributed by atoms with Gasteiger partial charge >= 0.3 is 12.0 Å². The van der Waals surface area contributed by atoms with Crippen LogP contribution in [0.2, 0.25) is 0 Å². The van der Waals surface area contributed by atoms with Crippen LogP contribution < -0.4 is 5.32 Å². The zero-order chi connectivity index (χ0) is 15.8. The van der Waals surface area contributed by atoms with Crippen LogP contribution in [0.3, 0.4) is 0 Å². The highest BCUT2D eigenvalue weighted by molar-refractivity contribution is 5.83. The molecular formula is C17H24N2O3. The van der Waals surface area contributed by atoms with Gasteiger partial charge in [-0.15, -0.1) is 0 Å². The molecule has 0 aliphatic carbocycles. The number of nitrogens with zero attached hydrogens (tertiary/aromatic N) is 1. The molecule has 1 atom stereocenters. The Morgan fingerprint density at radius 2 is 1.77 bits per heavy atom. The van der Waals surface area contributed by atoms with E-state index in [0.717, 1.165) is 31.5 Å². The van der Waals surface area contributed by atoms with Gasteiger partial charge in [0.25, 0.3) is 0 Å². The minimum Gasteiger partial charge on any atom is -0.459 e. The van der Waals surface area contributed by atoms with Gasteiger partial charge in [0.1, 0.15) is 12.6 Å². The number of benzene rings is 1. The summed E-state index contributed by atoms with van der Waals surface area (Å²) in [5, 5.41) is 2.73. The summed E-state index contributed by atoms with van der Waals surface area (Å²) in [6.07, 6.45) is 4.39. The molecule has 5 heteroatoms. The number of carbonyl (C=O) groups excluding carboxylic acids is 2. The molecule has 1 aliphatic rings. The topological polar surface area (TPSA) is 58.6 Å². The van der Waals surface area contributed by atoms with Gasteiger partial charge in [-0.25, -0.2) is 9.59 Å². The fraction of sp³-hybridized carbons (Fsp3) is 0.529. The Morgan fingerprint density at radius 3 is 2.41 bits per heavy atom. The molecule has 1 heterocycles. The second kappa shape index (κ2) is 8.41. The molecule has 2 amide bonds. The third-order valence-electron chi connectivity index (χ3n) is 3.81. The molecule has 5 nitrogen and oxygen atoms in total. The van der Waals surface area contributed by atoms with Crippen LogP contribution in [0.15, 0.2) is 30.3 Å². The zero-order valence-corrected chi connectivity index (χ0v) is 13.1. The SMILES string of the molecule is C[C@H](NC(=O)N1CCCCCC1)C(=O)OCc1ccccc1. The Kier molecular flexibility index (Phi) is 6.25. The second-order valence-corrected chi connectivity index (χ2v) is 5.67. The number of hydrogen-bond donors (Lipinski definition) is 1. The molecule has 0 spiro atoms. The summed E-state index contributed by atoms with van der Waals surface area (Å²) in [5.41, 5.74) is 0.932. The van der Waals surface area contributed by atoms with Crippen molar-refractivity contribution in [1.82, 2.24) is 10.2 Å². The van der Waals surface area contributed by atoms with Crippen molar-refractivity contribution >= 4 is 12.0 Å². The van der Waals surface area contributed by atoms with E-state index >= 15 is 0 Å². The lowest BCUT2D eigenvalue weighted by Crippen LogP contribution is -2.47. The smallest absolute Gasteiger partial charge is 0.328 e. The van der Waals surface area contributed by atoms with Crippen LogP contribution in [-0.2, 0) is 16.1 Å². The molecule has 0 bridgehead atoms. The molecule has 1 saturated heterocycles. The maximum atomic E-state index is 12.1. The van der Waals surface area contributed by atoms with Gasteiger partial charge < -0.3 is 15.0 Å². The number of urea groups is 1. The maximum absolute atomic E-state index is 12.1. The van der Waals surface area contributed by atoms with Gasteiger partial charge in [0.15, 0.2) is 0 Å². The molecule has 1 N–H and O–H groups in total. The van der Waals surface area contributed by atoms with Crippen molar-refractivity contribution in [3.63, 3.8) is 0 Å². The standard InChI is InChI=1S/C17H24N2O3/c1-14(16(20)22-13-15-9-5-4-6-10-15)18-17(21)19-11-7-2-3-8-12-19/h4-6,9-10,14H,2-3,7-8,11-13H2,1H3,(H,18,21)/t14-/m0/s1. The number of carbonyl (C=O) groups is 2. The summed E-state index contributed by atoms with van der Waals surface area (Å²) in [4.78, 5) is 25.9. The van der Waals surface area contributed by atoms with Crippen molar-refractivity contribution in [3.8, 4) is 0 Å². The molecule has 1 aliphatic heterocycles. The minimum atomic E-state index is -0.639. The van der Waals surface area contributed by atoms with Gasteiger partial charge in [0.2, 0.25) is 0 Å². The summed E-state index contributed by atoms with van der Waals surface area (Å²) in [6.45, 7) is 3.40. The largest absolute Gasteiger partial charge is 0.459 e. The number of amides is 2. The van der Waals surface area contributed by atoms with E-state index < -0.39 is 12.0 Å². The fourth-order valence-electron chi connectivity index (χ4n) is 2.46. The first kappa shape index (κ1) is 16.3. The average molecular weight is 304 g/mol. The van der Waals surface area contributed by atoms with E-state index in [1.807, 2.05) is 30.3 Å². The molecular weight excluding hydrogens is 280 g/mol. The molecule has 0 unspecified atom stereocenters. The number of esters is 1. The Hall–Kier alpha value is -2.04. The van der Waals surface area contributed by atoms with Crippen molar-refractivity contribution in [2.45, 2.75) is 45.3 Å². The predicted octanol–water partition coefficient (Wildman–Crippen LogP) is 2.70. The van der Waals surface area contributed by atoms with Gasteiger partial charge in [-0.3, -0.25) is 0 Å². The van der Waals surface area contributed by atoms with Crippen molar-refractivity contribution in [2.75, 3.05) is 13.1 Å². The minimum absolute atomic E-state index is 0.175. The first-order valence-corrected chi connectivity index (χ1v) is 7.93. The van der Waals surface area contributed by atoms with Crippen LogP contribution in [0.25, 0.3) is 0 Å². The van der Waals surface area contributed by atoms with Crippen LogP contribution in [0.4, 0.5) is 4.79 Å². The van der Waals surface area contributed by atoms with E-state index in [4.69, 9.17) is 4.74 Å². The second-order valence-electron chi connectivity index (χ2n) is 5.67. The highest BCUT2D eigenvalue weighted by atomic mass is 16.5. The Balaban J connectivity index is 1.76. The summed E-state index contributed by atoms with van der Waals surface area (Å²) < 4.78 is 5.23. The fourth-order valence-corrected chi connectivity index (χ4v) is 2.46. The van der Waals surface area contributed by atoms with E-state index in [9.17, 15) is 9.59 Å². The average Bonchev–Trinajstić information content (AvgIpc) is 2.82. The van der Waals surface area contributed by atoms with E-state index in [-0.39, 0.29) is 12.6 Å². The van der Waals surface area contributed by atoms with E-state index in [2.05, 4.69) is 5.32 Å². The quantitative estimate of drug-likeness (QED) is 0.870. The van der Waals surface area contributed by atoms with Crippen LogP contribution in [0.5, 0.6) is 0 Å². The van der Waals surface area contributed by atoms with Crippen molar-refractivity contribution in [1.29, 1.82) is 0 Å². The number of likely N-dealkylation sites (tertiary alicyclic amines) is 1. The normalized spacial score (nSPS) is 16.5. The number of hydrogen-bond acceptors (Lipinski definition) is 3. The number of rotatable bonds is 4. The predicted molar refractivity (Wildman–Crippen MR) is 84.3 cm³/mol. The molecule has 22 heavy (non-hydrogen) atoms. The molecule has 120 valence electrons. The third kappa shape index (κ3) is 5.06. The van der Waals surface area contributed by atoms with Crippen LogP contribution in [0.1, 0.15) is 38.2 Å². The van der Waals surface area contributed by atoms with Gasteiger partial charge in [-0.1, -0.05) is 43.2 Å². The molecule has 2 rings (SSSR count). The van der Waals surface area contributed by atoms with Gasteiger partial charge in [0.05, 0.1) is 0 Å². The Bertz CT molecular complexity index is 482. The van der Waals surface area contributed by atoms with Crippen molar-refractivity contribution in [3.05, 3.63) is 35.9 Å². The summed E-state index contributed by atoms with van der Waals surface area (Å²) in [6, 6.07) is 8.68. The highest BCUT2D eigenvalue weighted by Gasteiger charge is 2.21. The van der Waals surface area contributed by atoms with Crippen molar-refractivity contribution < 1.29 is 14.3 Å². The monoisotopic (exact) mass is 304 g/mol. The molecule has 1 aromatic rings. The lowest BCUT2D eigenvalue weighted by Gasteiger charge is -2.23. The van der Waals surface area contributed by atoms with E-state index in [0.29, 0.717) is 0 Å². The molecule has 1 aromatic carbocycles. The van der Waals surface area contributed by atoms with Gasteiger partial charge in [-0.2, -0.15) is 0 Å². The van der Waals surface area contributed by atoms with Gasteiger partial charge in [0, 0.05) is 13.1 Å². The first-order chi connectivity index (χ1) is 10.7. The van der Waals surface area contributed by atoms with Crippen molar-refractivity contribution in [2.24, 2.45) is 0 Å². The first-order valence-electron chi connectivity index (χ1n) is 7.93. The van der Waals surface area contributed by atoms with E-state index in [1.54, 1.807) is 11.8 Å². The van der Waals surface area contributed by atoms with Crippen LogP contribution in [0, 0.1) is 0 Å². The molecule has 0 saturated carbocycles. The lowest BCUT2D eigenvalue weighted by molar-refractivity contribution is -0.146. The van der Waals surface area contributed by atoms with E-state index in [1.165, 1.54) is 12.8 Å². The Labute approximate surface area is 131 Å². The number of nitrogens with one attached hydrogen (secondary N) is 1. The van der Waals surface area contributed by atoms with Gasteiger partial charge in [-0.05, 0) is 25.3 Å². The zero-order valence-electron chi connectivity index (χ0n) is 13.1. The highest BCUT2D eigenvalue weighted by Crippen LogP contribution is 2.10. The van der Waals surface area contributed by atoms with Crippen LogP contribution in [-0.4, -0.2) is 36.0 Å². The summed E-state index contributed by atoms with van der Waals surface area (Å²) in [7, 11) is 0. The summed E-state index contributed by atoms with van der Waals surface area (Å²) >= 11 is 0. The molecule has 1 fully saturated rings. The molecule has 0 radical (unpaired) electrons. The number of ether oxygens (including phenoxy) is 1. The Morgan fingerprint density at radius 1 is 1.14 bits per heavy atom. The third-order valence-corrected chi connectivity index (χ3v) is 3.81.